The molecule has 0 bridgehead atoms. The van der Waals surface area contributed by atoms with Crippen LogP contribution in [0.3, 0.4) is 0 Å². The van der Waals surface area contributed by atoms with Gasteiger partial charge in [0.15, 0.2) is 0 Å². The number of amides is 1. The maximum absolute atomic E-state index is 14.3. The van der Waals surface area contributed by atoms with E-state index >= 15 is 0 Å². The highest BCUT2D eigenvalue weighted by Gasteiger charge is 2.41. The summed E-state index contributed by atoms with van der Waals surface area (Å²) in [5.74, 6) is -0.834. The number of rotatable bonds is 3. The van der Waals surface area contributed by atoms with Gasteiger partial charge in [0.25, 0.3) is 0 Å². The summed E-state index contributed by atoms with van der Waals surface area (Å²) < 4.78 is 28.9. The fourth-order valence-corrected chi connectivity index (χ4v) is 2.69. The lowest BCUT2D eigenvalue weighted by atomic mass is 10.1. The Morgan fingerprint density at radius 2 is 2.11 bits per heavy atom. The second-order valence-corrected chi connectivity index (χ2v) is 5.55. The Balaban J connectivity index is 2.03. The molecule has 1 aromatic heterocycles. The highest BCUT2D eigenvalue weighted by atomic mass is 79.9. The number of nitrogens with one attached hydrogen (secondary N) is 2. The number of aromatic amines is 1. The van der Waals surface area contributed by atoms with E-state index in [1.165, 1.54) is 0 Å². The van der Waals surface area contributed by atoms with Crippen LogP contribution in [0.25, 0.3) is 10.9 Å². The quantitative estimate of drug-likeness (QED) is 0.832. The number of hydrogen-bond donors (Lipinski definition) is 2. The molecule has 0 spiro atoms. The van der Waals surface area contributed by atoms with Gasteiger partial charge in [-0.3, -0.25) is 10.1 Å². The summed E-state index contributed by atoms with van der Waals surface area (Å²) in [6.45, 7) is 0. The molecule has 0 atom stereocenters. The van der Waals surface area contributed by atoms with Crippen LogP contribution in [0.2, 0.25) is 0 Å². The molecule has 1 saturated carbocycles. The Bertz CT molecular complexity index is 649. The summed E-state index contributed by atoms with van der Waals surface area (Å²) in [4.78, 5) is 14.4. The molecule has 0 saturated heterocycles. The number of hydrogen-bond acceptors (Lipinski definition) is 1. The van der Waals surface area contributed by atoms with E-state index in [0.29, 0.717) is 23.7 Å². The molecule has 0 unspecified atom stereocenters. The zero-order chi connectivity index (χ0) is 13.6. The van der Waals surface area contributed by atoms with Crippen molar-refractivity contribution in [2.45, 2.75) is 18.9 Å². The number of H-pyrrole nitrogens is 1. The number of aromatic nitrogens is 1. The van der Waals surface area contributed by atoms with Crippen molar-refractivity contribution < 1.29 is 13.6 Å². The van der Waals surface area contributed by atoms with Gasteiger partial charge in [-0.2, -0.15) is 8.78 Å². The first-order chi connectivity index (χ1) is 8.99. The lowest BCUT2D eigenvalue weighted by Gasteiger charge is -2.20. The Hall–Kier alpha value is -1.43. The summed E-state index contributed by atoms with van der Waals surface area (Å²) in [5.41, 5.74) is 0.402. The van der Waals surface area contributed by atoms with Crippen molar-refractivity contribution in [2.75, 3.05) is 0 Å². The molecular formula is C13H11BrF2N2O. The molecule has 100 valence electrons. The van der Waals surface area contributed by atoms with Crippen LogP contribution in [0.15, 0.2) is 28.9 Å². The molecule has 1 aliphatic rings. The molecule has 1 heterocycles. The van der Waals surface area contributed by atoms with Crippen LogP contribution in [0, 0.1) is 5.92 Å². The Morgan fingerprint density at radius 1 is 1.37 bits per heavy atom. The van der Waals surface area contributed by atoms with Gasteiger partial charge in [0, 0.05) is 27.5 Å². The average molecular weight is 329 g/mol. The molecule has 1 fully saturated rings. The third-order valence-corrected chi connectivity index (χ3v) is 3.89. The number of carbonyl (C=O) groups is 1. The first kappa shape index (κ1) is 12.6. The minimum absolute atomic E-state index is 0.208. The van der Waals surface area contributed by atoms with Crippen LogP contribution in [0.5, 0.6) is 0 Å². The number of carbonyl (C=O) groups excluding carboxylic acids is 1. The predicted octanol–water partition coefficient (Wildman–Crippen LogP) is 3.51. The summed E-state index contributed by atoms with van der Waals surface area (Å²) in [6, 6.07) is 1.44. The Kier molecular flexibility index (Phi) is 2.85. The van der Waals surface area contributed by atoms with E-state index in [1.54, 1.807) is 24.4 Å². The molecule has 2 aromatic rings. The van der Waals surface area contributed by atoms with Crippen LogP contribution in [0.4, 0.5) is 8.78 Å². The van der Waals surface area contributed by atoms with Crippen molar-refractivity contribution in [1.29, 1.82) is 0 Å². The van der Waals surface area contributed by atoms with Crippen molar-refractivity contribution in [3.63, 3.8) is 0 Å². The van der Waals surface area contributed by atoms with Crippen molar-refractivity contribution in [2.24, 2.45) is 5.92 Å². The standard InChI is InChI=1S/C13H11BrF2N2O/c14-9-3-4-10-8(5-6-17-10)11(9)13(15,16)18-12(19)7-1-2-7/h3-7,17H,1-2H2,(H,18,19). The zero-order valence-corrected chi connectivity index (χ0v) is 11.4. The number of alkyl halides is 2. The van der Waals surface area contributed by atoms with Crippen LogP contribution in [-0.2, 0) is 10.8 Å². The molecule has 1 aromatic carbocycles. The smallest absolute Gasteiger partial charge is 0.354 e. The maximum Gasteiger partial charge on any atom is 0.354 e. The topological polar surface area (TPSA) is 44.9 Å². The van der Waals surface area contributed by atoms with Gasteiger partial charge in [0.2, 0.25) is 5.91 Å². The molecule has 1 aliphatic carbocycles. The molecule has 19 heavy (non-hydrogen) atoms. The molecule has 3 nitrogen and oxygen atoms in total. The molecule has 6 heteroatoms. The molecular weight excluding hydrogens is 318 g/mol. The van der Waals surface area contributed by atoms with Gasteiger partial charge in [-0.05, 0) is 31.0 Å². The molecule has 2 N–H and O–H groups in total. The molecule has 0 radical (unpaired) electrons. The monoisotopic (exact) mass is 328 g/mol. The van der Waals surface area contributed by atoms with E-state index in [1.807, 2.05) is 5.32 Å². The van der Waals surface area contributed by atoms with Gasteiger partial charge in [-0.15, -0.1) is 0 Å². The third-order valence-electron chi connectivity index (χ3n) is 3.23. The second-order valence-electron chi connectivity index (χ2n) is 4.70. The predicted molar refractivity (Wildman–Crippen MR) is 70.8 cm³/mol. The number of benzene rings is 1. The fourth-order valence-electron chi connectivity index (χ4n) is 2.09. The summed E-state index contributed by atoms with van der Waals surface area (Å²) in [6.07, 6.45) is 2.98. The van der Waals surface area contributed by atoms with Crippen LogP contribution < -0.4 is 5.32 Å². The average Bonchev–Trinajstić information content (AvgIpc) is 3.07. The lowest BCUT2D eigenvalue weighted by Crippen LogP contribution is -2.40. The molecule has 0 aliphatic heterocycles. The van der Waals surface area contributed by atoms with Gasteiger partial charge in [-0.1, -0.05) is 15.9 Å². The minimum atomic E-state index is -3.39. The van der Waals surface area contributed by atoms with E-state index in [4.69, 9.17) is 0 Å². The first-order valence-electron chi connectivity index (χ1n) is 5.95. The van der Waals surface area contributed by atoms with E-state index in [9.17, 15) is 13.6 Å². The van der Waals surface area contributed by atoms with Crippen molar-refractivity contribution in [1.82, 2.24) is 10.3 Å². The van der Waals surface area contributed by atoms with Crippen LogP contribution in [-0.4, -0.2) is 10.9 Å². The Labute approximate surface area is 116 Å². The first-order valence-corrected chi connectivity index (χ1v) is 6.74. The van der Waals surface area contributed by atoms with Gasteiger partial charge in [-0.25, -0.2) is 0 Å². The lowest BCUT2D eigenvalue weighted by molar-refractivity contribution is -0.134. The molecule has 1 amide bonds. The highest BCUT2D eigenvalue weighted by molar-refractivity contribution is 9.10. The van der Waals surface area contributed by atoms with Crippen LogP contribution >= 0.6 is 15.9 Å². The summed E-state index contributed by atoms with van der Waals surface area (Å²) in [7, 11) is 0. The summed E-state index contributed by atoms with van der Waals surface area (Å²) in [5, 5.41) is 2.24. The van der Waals surface area contributed by atoms with Gasteiger partial charge >= 0.3 is 6.05 Å². The third kappa shape index (κ3) is 2.25. The van der Waals surface area contributed by atoms with Crippen LogP contribution in [0.1, 0.15) is 18.4 Å². The molecule has 3 rings (SSSR count). The van der Waals surface area contributed by atoms with Gasteiger partial charge < -0.3 is 4.98 Å². The number of halogens is 3. The maximum atomic E-state index is 14.3. The minimum Gasteiger partial charge on any atom is -0.361 e. The normalized spacial score (nSPS) is 15.7. The largest absolute Gasteiger partial charge is 0.361 e. The second kappa shape index (κ2) is 4.30. The van der Waals surface area contributed by atoms with E-state index in [0.717, 1.165) is 0 Å². The van der Waals surface area contributed by atoms with Gasteiger partial charge in [0.05, 0.1) is 5.56 Å². The number of fused-ring (bicyclic) bond motifs is 1. The Morgan fingerprint density at radius 3 is 2.79 bits per heavy atom. The fraction of sp³-hybridized carbons (Fsp3) is 0.308. The highest BCUT2D eigenvalue weighted by Crippen LogP contribution is 2.38. The van der Waals surface area contributed by atoms with E-state index in [-0.39, 0.29) is 16.0 Å². The van der Waals surface area contributed by atoms with Crippen molar-refractivity contribution >= 4 is 32.7 Å². The van der Waals surface area contributed by atoms with Gasteiger partial charge in [0.1, 0.15) is 0 Å². The van der Waals surface area contributed by atoms with E-state index in [2.05, 4.69) is 20.9 Å². The zero-order valence-electron chi connectivity index (χ0n) is 9.84. The summed E-state index contributed by atoms with van der Waals surface area (Å²) >= 11 is 3.14. The van der Waals surface area contributed by atoms with Crippen molar-refractivity contribution in [3.8, 4) is 0 Å². The SMILES string of the molecule is O=C(NC(F)(F)c1c(Br)ccc2[nH]ccc12)C1CC1. The van der Waals surface area contributed by atoms with E-state index < -0.39 is 12.0 Å². The van der Waals surface area contributed by atoms with Crippen molar-refractivity contribution in [3.05, 3.63) is 34.4 Å².